The summed E-state index contributed by atoms with van der Waals surface area (Å²) in [5.74, 6) is 0.738. The number of nitrogens with zero attached hydrogens (tertiary/aromatic N) is 2. The van der Waals surface area contributed by atoms with E-state index in [0.29, 0.717) is 0 Å². The number of imidazole rings is 1. The van der Waals surface area contributed by atoms with Crippen LogP contribution in [0.5, 0.6) is 0 Å². The predicted octanol–water partition coefficient (Wildman–Crippen LogP) is 4.49. The second kappa shape index (κ2) is 6.55. The molecule has 0 spiro atoms. The highest BCUT2D eigenvalue weighted by molar-refractivity contribution is 7.89. The Morgan fingerprint density at radius 3 is 2.21 bits per heavy atom. The van der Waals surface area contributed by atoms with E-state index < -0.39 is 10.0 Å². The van der Waals surface area contributed by atoms with Crippen molar-refractivity contribution in [3.8, 4) is 17.1 Å². The number of aromatic nitrogens is 2. The molecule has 4 aromatic carbocycles. The monoisotopic (exact) mass is 399 g/mol. The summed E-state index contributed by atoms with van der Waals surface area (Å²) in [5, 5.41) is 7.54. The molecule has 29 heavy (non-hydrogen) atoms. The van der Waals surface area contributed by atoms with E-state index in [2.05, 4.69) is 34.9 Å². The lowest BCUT2D eigenvalue weighted by Crippen LogP contribution is -2.11. The zero-order valence-electron chi connectivity index (χ0n) is 15.4. The fraction of sp³-hybridized carbons (Fsp3) is 0. The highest BCUT2D eigenvalue weighted by atomic mass is 32.2. The topological polar surface area (TPSA) is 78.0 Å². The van der Waals surface area contributed by atoms with E-state index >= 15 is 0 Å². The van der Waals surface area contributed by atoms with Crippen LogP contribution in [0.15, 0.2) is 95.9 Å². The lowest BCUT2D eigenvalue weighted by molar-refractivity contribution is 0.598. The third-order valence-electron chi connectivity index (χ3n) is 4.99. The number of hydrogen-bond donors (Lipinski definition) is 1. The van der Waals surface area contributed by atoms with Gasteiger partial charge in [-0.2, -0.15) is 0 Å². The molecule has 0 aliphatic carbocycles. The van der Waals surface area contributed by atoms with Crippen LogP contribution < -0.4 is 5.14 Å². The fourth-order valence-electron chi connectivity index (χ4n) is 3.59. The molecule has 6 heteroatoms. The number of fused-ring (bicyclic) bond motifs is 2. The van der Waals surface area contributed by atoms with Crippen molar-refractivity contribution in [3.05, 3.63) is 91.0 Å². The molecule has 0 saturated heterocycles. The number of primary sulfonamides is 1. The molecule has 5 nitrogen and oxygen atoms in total. The molecule has 0 aliphatic rings. The standard InChI is InChI=1S/C23H17N3O2S/c24-29(27,28)20-13-10-17(11-14-20)23-25-21-7-3-4-8-22(21)26(23)19-12-9-16-5-1-2-6-18(16)15-19/h1-15H,(H2,24,27,28). The molecule has 0 atom stereocenters. The van der Waals surface area contributed by atoms with Gasteiger partial charge in [0.2, 0.25) is 10.0 Å². The molecule has 1 aromatic heterocycles. The maximum Gasteiger partial charge on any atom is 0.238 e. The largest absolute Gasteiger partial charge is 0.292 e. The number of nitrogens with two attached hydrogens (primary N) is 1. The number of benzene rings is 4. The maximum atomic E-state index is 11.6. The van der Waals surface area contributed by atoms with Crippen molar-refractivity contribution in [2.75, 3.05) is 0 Å². The van der Waals surface area contributed by atoms with Crippen molar-refractivity contribution in [1.82, 2.24) is 9.55 Å². The summed E-state index contributed by atoms with van der Waals surface area (Å²) >= 11 is 0. The Balaban J connectivity index is 1.76. The first-order valence-electron chi connectivity index (χ1n) is 9.11. The van der Waals surface area contributed by atoms with Crippen LogP contribution >= 0.6 is 0 Å². The van der Waals surface area contributed by atoms with Gasteiger partial charge in [-0.25, -0.2) is 18.5 Å². The smallest absolute Gasteiger partial charge is 0.238 e. The molecule has 5 rings (SSSR count). The molecule has 1 heterocycles. The molecule has 0 unspecified atom stereocenters. The van der Waals surface area contributed by atoms with Crippen LogP contribution in [0.1, 0.15) is 0 Å². The van der Waals surface area contributed by atoms with Crippen LogP contribution in [0.4, 0.5) is 0 Å². The van der Waals surface area contributed by atoms with Crippen LogP contribution in [-0.4, -0.2) is 18.0 Å². The van der Waals surface area contributed by atoms with E-state index in [4.69, 9.17) is 10.1 Å². The zero-order chi connectivity index (χ0) is 20.0. The zero-order valence-corrected chi connectivity index (χ0v) is 16.2. The summed E-state index contributed by atoms with van der Waals surface area (Å²) in [6.07, 6.45) is 0. The van der Waals surface area contributed by atoms with Crippen LogP contribution in [0, 0.1) is 0 Å². The summed E-state index contributed by atoms with van der Waals surface area (Å²) in [6, 6.07) is 28.9. The molecular formula is C23H17N3O2S. The van der Waals surface area contributed by atoms with E-state index in [-0.39, 0.29) is 4.90 Å². The van der Waals surface area contributed by atoms with Crippen molar-refractivity contribution < 1.29 is 8.42 Å². The molecule has 0 bridgehead atoms. The van der Waals surface area contributed by atoms with Gasteiger partial charge in [0.05, 0.1) is 15.9 Å². The van der Waals surface area contributed by atoms with Gasteiger partial charge in [-0.15, -0.1) is 0 Å². The molecule has 2 N–H and O–H groups in total. The van der Waals surface area contributed by atoms with Gasteiger partial charge >= 0.3 is 0 Å². The van der Waals surface area contributed by atoms with Crippen molar-refractivity contribution in [2.45, 2.75) is 4.90 Å². The molecule has 0 radical (unpaired) electrons. The minimum atomic E-state index is -3.74. The number of sulfonamides is 1. The Bertz CT molecular complexity index is 1470. The number of para-hydroxylation sites is 2. The third kappa shape index (κ3) is 3.08. The molecule has 0 aliphatic heterocycles. The lowest BCUT2D eigenvalue weighted by atomic mass is 10.1. The minimum absolute atomic E-state index is 0.0783. The summed E-state index contributed by atoms with van der Waals surface area (Å²) < 4.78 is 25.3. The molecule has 0 fully saturated rings. The van der Waals surface area contributed by atoms with Gasteiger partial charge in [0.15, 0.2) is 0 Å². The number of rotatable bonds is 3. The Hall–Kier alpha value is -3.48. The van der Waals surface area contributed by atoms with Gasteiger partial charge in [-0.1, -0.05) is 42.5 Å². The second-order valence-corrected chi connectivity index (χ2v) is 8.42. The first-order chi connectivity index (χ1) is 14.0. The highest BCUT2D eigenvalue weighted by Crippen LogP contribution is 2.30. The first-order valence-corrected chi connectivity index (χ1v) is 10.7. The van der Waals surface area contributed by atoms with Crippen molar-refractivity contribution in [3.63, 3.8) is 0 Å². The van der Waals surface area contributed by atoms with Gasteiger partial charge in [0, 0.05) is 11.3 Å². The van der Waals surface area contributed by atoms with E-state index in [1.165, 1.54) is 17.5 Å². The summed E-state index contributed by atoms with van der Waals surface area (Å²) in [7, 11) is -3.74. The maximum absolute atomic E-state index is 11.6. The van der Waals surface area contributed by atoms with Crippen LogP contribution in [0.2, 0.25) is 0 Å². The Morgan fingerprint density at radius 1 is 0.759 bits per heavy atom. The average molecular weight is 399 g/mol. The third-order valence-corrected chi connectivity index (χ3v) is 5.92. The molecule has 142 valence electrons. The average Bonchev–Trinajstić information content (AvgIpc) is 3.12. The summed E-state index contributed by atoms with van der Waals surface area (Å²) in [5.41, 5.74) is 3.64. The van der Waals surface area contributed by atoms with Crippen molar-refractivity contribution in [2.24, 2.45) is 5.14 Å². The Morgan fingerprint density at radius 2 is 1.45 bits per heavy atom. The molecule has 0 saturated carbocycles. The van der Waals surface area contributed by atoms with Gasteiger partial charge in [-0.05, 0) is 59.3 Å². The van der Waals surface area contributed by atoms with Gasteiger partial charge < -0.3 is 0 Å². The summed E-state index contributed by atoms with van der Waals surface area (Å²) in [4.78, 5) is 4.89. The van der Waals surface area contributed by atoms with Crippen LogP contribution in [0.3, 0.4) is 0 Å². The van der Waals surface area contributed by atoms with Gasteiger partial charge in [0.1, 0.15) is 5.82 Å². The van der Waals surface area contributed by atoms with Gasteiger partial charge in [0.25, 0.3) is 0 Å². The predicted molar refractivity (Wildman–Crippen MR) is 115 cm³/mol. The minimum Gasteiger partial charge on any atom is -0.292 e. The SMILES string of the molecule is NS(=O)(=O)c1ccc(-c2nc3ccccc3n2-c2ccc3ccccc3c2)cc1. The normalized spacial score (nSPS) is 11.9. The van der Waals surface area contributed by atoms with E-state index in [0.717, 1.165) is 33.5 Å². The molecule has 5 aromatic rings. The Kier molecular flexibility index (Phi) is 3.97. The summed E-state index contributed by atoms with van der Waals surface area (Å²) in [6.45, 7) is 0. The first kappa shape index (κ1) is 17.6. The second-order valence-electron chi connectivity index (χ2n) is 6.86. The molecular weight excluding hydrogens is 382 g/mol. The van der Waals surface area contributed by atoms with E-state index in [9.17, 15) is 8.42 Å². The van der Waals surface area contributed by atoms with E-state index in [1.54, 1.807) is 12.1 Å². The van der Waals surface area contributed by atoms with E-state index in [1.807, 2.05) is 36.4 Å². The highest BCUT2D eigenvalue weighted by Gasteiger charge is 2.15. The van der Waals surface area contributed by atoms with Crippen molar-refractivity contribution in [1.29, 1.82) is 0 Å². The van der Waals surface area contributed by atoms with Crippen molar-refractivity contribution >= 4 is 31.8 Å². The van der Waals surface area contributed by atoms with Gasteiger partial charge in [-0.3, -0.25) is 4.57 Å². The number of hydrogen-bond acceptors (Lipinski definition) is 3. The quantitative estimate of drug-likeness (QED) is 0.485. The fourth-order valence-corrected chi connectivity index (χ4v) is 4.11. The van der Waals surface area contributed by atoms with Crippen LogP contribution in [0.25, 0.3) is 38.9 Å². The Labute approximate surface area is 168 Å². The van der Waals surface area contributed by atoms with Crippen LogP contribution in [-0.2, 0) is 10.0 Å². The molecule has 0 amide bonds. The lowest BCUT2D eigenvalue weighted by Gasteiger charge is -2.11.